The molecule has 0 aliphatic heterocycles. The van der Waals surface area contributed by atoms with E-state index in [4.69, 9.17) is 0 Å². The van der Waals surface area contributed by atoms with Crippen LogP contribution in [0.25, 0.3) is 0 Å². The number of benzene rings is 1. The number of rotatable bonds is 2. The molecule has 98 valence electrons. The number of nitrogens with zero attached hydrogens (tertiary/aromatic N) is 1. The SMILES string of the molecule is O=C(Nc1c(I)cc(I)cc1I)c1cccc(F)n1. The number of hydrogen-bond acceptors (Lipinski definition) is 2. The van der Waals surface area contributed by atoms with Crippen molar-refractivity contribution >= 4 is 79.4 Å². The summed E-state index contributed by atoms with van der Waals surface area (Å²) in [5, 5.41) is 2.76. The molecule has 0 saturated heterocycles. The number of pyridine rings is 1. The van der Waals surface area contributed by atoms with Crippen molar-refractivity contribution in [1.82, 2.24) is 4.98 Å². The second-order valence-corrected chi connectivity index (χ2v) is 7.11. The number of aromatic nitrogens is 1. The third-order valence-corrected chi connectivity index (χ3v) is 4.52. The molecule has 0 unspecified atom stereocenters. The zero-order valence-electron chi connectivity index (χ0n) is 9.25. The molecule has 2 aromatic rings. The lowest BCUT2D eigenvalue weighted by molar-refractivity contribution is 0.102. The van der Waals surface area contributed by atoms with Crippen molar-refractivity contribution in [3.8, 4) is 0 Å². The number of hydrogen-bond donors (Lipinski definition) is 1. The Bertz CT molecular complexity index is 626. The Morgan fingerprint density at radius 1 is 1.16 bits per heavy atom. The minimum atomic E-state index is -0.667. The molecule has 2 rings (SSSR count). The monoisotopic (exact) mass is 594 g/mol. The van der Waals surface area contributed by atoms with Crippen LogP contribution in [0.3, 0.4) is 0 Å². The third-order valence-electron chi connectivity index (χ3n) is 2.19. The van der Waals surface area contributed by atoms with Gasteiger partial charge in [0.25, 0.3) is 5.91 Å². The van der Waals surface area contributed by atoms with Crippen LogP contribution >= 0.6 is 67.8 Å². The zero-order chi connectivity index (χ0) is 14.0. The van der Waals surface area contributed by atoms with Gasteiger partial charge in [-0.05, 0) is 92.0 Å². The molecule has 0 fully saturated rings. The van der Waals surface area contributed by atoms with Crippen molar-refractivity contribution in [3.05, 3.63) is 52.7 Å². The van der Waals surface area contributed by atoms with E-state index >= 15 is 0 Å². The highest BCUT2D eigenvalue weighted by Crippen LogP contribution is 2.27. The minimum Gasteiger partial charge on any atom is -0.319 e. The smallest absolute Gasteiger partial charge is 0.274 e. The van der Waals surface area contributed by atoms with E-state index in [1.54, 1.807) is 0 Å². The molecular weight excluding hydrogens is 588 g/mol. The van der Waals surface area contributed by atoms with E-state index in [-0.39, 0.29) is 5.69 Å². The molecule has 1 heterocycles. The average molecular weight is 594 g/mol. The molecule has 1 amide bonds. The Labute approximate surface area is 150 Å². The van der Waals surface area contributed by atoms with Crippen LogP contribution in [0.4, 0.5) is 10.1 Å². The van der Waals surface area contributed by atoms with E-state index in [2.05, 4.69) is 78.1 Å². The van der Waals surface area contributed by atoms with E-state index in [0.29, 0.717) is 0 Å². The number of carbonyl (C=O) groups is 1. The van der Waals surface area contributed by atoms with E-state index in [0.717, 1.165) is 16.4 Å². The summed E-state index contributed by atoms with van der Waals surface area (Å²) >= 11 is 6.52. The first kappa shape index (κ1) is 15.4. The predicted molar refractivity (Wildman–Crippen MR) is 96.7 cm³/mol. The first-order chi connectivity index (χ1) is 8.97. The van der Waals surface area contributed by atoms with Gasteiger partial charge in [-0.1, -0.05) is 6.07 Å². The second-order valence-electron chi connectivity index (χ2n) is 3.54. The van der Waals surface area contributed by atoms with Crippen LogP contribution < -0.4 is 5.32 Å². The molecule has 1 aromatic carbocycles. The van der Waals surface area contributed by atoms with Gasteiger partial charge >= 0.3 is 0 Å². The predicted octanol–water partition coefficient (Wildman–Crippen LogP) is 4.29. The van der Waals surface area contributed by atoms with Gasteiger partial charge in [-0.15, -0.1) is 0 Å². The number of nitrogens with one attached hydrogen (secondary N) is 1. The molecule has 19 heavy (non-hydrogen) atoms. The van der Waals surface area contributed by atoms with E-state index in [1.165, 1.54) is 18.2 Å². The molecule has 0 aliphatic rings. The van der Waals surface area contributed by atoms with Crippen LogP contribution in [-0.4, -0.2) is 10.9 Å². The molecule has 7 heteroatoms. The maximum atomic E-state index is 13.0. The fourth-order valence-electron chi connectivity index (χ4n) is 1.37. The molecular formula is C12H6FI3N2O. The Hall–Kier alpha value is -0.0400. The molecule has 1 N–H and O–H groups in total. The van der Waals surface area contributed by atoms with Crippen LogP contribution in [0.15, 0.2) is 30.3 Å². The molecule has 3 nitrogen and oxygen atoms in total. The fraction of sp³-hybridized carbons (Fsp3) is 0. The summed E-state index contributed by atoms with van der Waals surface area (Å²) in [6, 6.07) is 8.05. The second kappa shape index (κ2) is 6.61. The maximum absolute atomic E-state index is 13.0. The zero-order valence-corrected chi connectivity index (χ0v) is 15.7. The maximum Gasteiger partial charge on any atom is 0.274 e. The van der Waals surface area contributed by atoms with Crippen molar-refractivity contribution in [2.75, 3.05) is 5.32 Å². The standard InChI is InChI=1S/C12H6FI3N2O/c13-10-3-1-2-9(17-10)12(19)18-11-7(15)4-6(14)5-8(11)16/h1-5H,(H,18,19). The van der Waals surface area contributed by atoms with Crippen molar-refractivity contribution in [1.29, 1.82) is 0 Å². The minimum absolute atomic E-state index is 0.0603. The Kier molecular flexibility index (Phi) is 5.34. The van der Waals surface area contributed by atoms with Crippen LogP contribution in [0.5, 0.6) is 0 Å². The molecule has 1 aromatic heterocycles. The fourth-order valence-corrected chi connectivity index (χ4v) is 5.23. The van der Waals surface area contributed by atoms with Gasteiger partial charge in [0.2, 0.25) is 5.95 Å². The lowest BCUT2D eigenvalue weighted by Crippen LogP contribution is -2.16. The number of amides is 1. The summed E-state index contributed by atoms with van der Waals surface area (Å²) in [4.78, 5) is 15.6. The number of carbonyl (C=O) groups excluding carboxylic acids is 1. The van der Waals surface area contributed by atoms with Crippen LogP contribution in [0.2, 0.25) is 0 Å². The number of halogens is 4. The lowest BCUT2D eigenvalue weighted by atomic mass is 10.3. The largest absolute Gasteiger partial charge is 0.319 e. The highest BCUT2D eigenvalue weighted by atomic mass is 127. The Morgan fingerprint density at radius 3 is 2.37 bits per heavy atom. The topological polar surface area (TPSA) is 42.0 Å². The summed E-state index contributed by atoms with van der Waals surface area (Å²) in [6.07, 6.45) is 0. The Morgan fingerprint density at radius 2 is 1.79 bits per heavy atom. The van der Waals surface area contributed by atoms with E-state index < -0.39 is 11.9 Å². The summed E-state index contributed by atoms with van der Waals surface area (Å²) < 4.78 is 15.9. The van der Waals surface area contributed by atoms with E-state index in [1.807, 2.05) is 12.1 Å². The Balaban J connectivity index is 2.29. The number of anilines is 1. The van der Waals surface area contributed by atoms with Crippen LogP contribution in [-0.2, 0) is 0 Å². The molecule has 0 atom stereocenters. The van der Waals surface area contributed by atoms with Gasteiger partial charge in [-0.25, -0.2) is 4.98 Å². The highest BCUT2D eigenvalue weighted by Gasteiger charge is 2.13. The molecule has 0 spiro atoms. The lowest BCUT2D eigenvalue weighted by Gasteiger charge is -2.10. The van der Waals surface area contributed by atoms with Gasteiger partial charge in [0.1, 0.15) is 5.69 Å². The van der Waals surface area contributed by atoms with Crippen molar-refractivity contribution < 1.29 is 9.18 Å². The first-order valence-corrected chi connectivity index (χ1v) is 8.29. The van der Waals surface area contributed by atoms with Gasteiger partial charge in [0.05, 0.1) is 5.69 Å². The van der Waals surface area contributed by atoms with Crippen LogP contribution in [0.1, 0.15) is 10.5 Å². The van der Waals surface area contributed by atoms with Gasteiger partial charge < -0.3 is 5.32 Å². The summed E-state index contributed by atoms with van der Waals surface area (Å²) in [5.74, 6) is -1.09. The van der Waals surface area contributed by atoms with Gasteiger partial charge in [-0.3, -0.25) is 4.79 Å². The van der Waals surface area contributed by atoms with Gasteiger partial charge in [0, 0.05) is 10.7 Å². The van der Waals surface area contributed by atoms with Gasteiger partial charge in [-0.2, -0.15) is 4.39 Å². The van der Waals surface area contributed by atoms with Crippen molar-refractivity contribution in [2.24, 2.45) is 0 Å². The normalized spacial score (nSPS) is 10.3. The average Bonchev–Trinajstić information content (AvgIpc) is 2.33. The third kappa shape index (κ3) is 3.97. The highest BCUT2D eigenvalue weighted by molar-refractivity contribution is 14.1. The van der Waals surface area contributed by atoms with Gasteiger partial charge in [0.15, 0.2) is 0 Å². The van der Waals surface area contributed by atoms with Crippen molar-refractivity contribution in [3.63, 3.8) is 0 Å². The molecule has 0 saturated carbocycles. The van der Waals surface area contributed by atoms with Crippen molar-refractivity contribution in [2.45, 2.75) is 0 Å². The molecule has 0 aliphatic carbocycles. The molecule has 0 bridgehead atoms. The van der Waals surface area contributed by atoms with E-state index in [9.17, 15) is 9.18 Å². The summed E-state index contributed by atoms with van der Waals surface area (Å²) in [5.41, 5.74) is 0.780. The first-order valence-electron chi connectivity index (χ1n) is 5.06. The summed E-state index contributed by atoms with van der Waals surface area (Å²) in [6.45, 7) is 0. The summed E-state index contributed by atoms with van der Waals surface area (Å²) in [7, 11) is 0. The molecule has 0 radical (unpaired) electrons. The van der Waals surface area contributed by atoms with Crippen LogP contribution in [0, 0.1) is 16.7 Å². The quantitative estimate of drug-likeness (QED) is 0.417.